The molecule has 108 valence electrons. The van der Waals surface area contributed by atoms with Crippen LogP contribution in [0, 0.1) is 18.3 Å². The van der Waals surface area contributed by atoms with Gasteiger partial charge < -0.3 is 5.32 Å². The van der Waals surface area contributed by atoms with E-state index in [9.17, 15) is 4.79 Å². The fourth-order valence-corrected chi connectivity index (χ4v) is 2.47. The van der Waals surface area contributed by atoms with Gasteiger partial charge >= 0.3 is 0 Å². The number of hydrogen-bond donors (Lipinski definition) is 1. The van der Waals surface area contributed by atoms with Crippen molar-refractivity contribution < 1.29 is 4.79 Å². The highest BCUT2D eigenvalue weighted by atomic mass is 16.1. The van der Waals surface area contributed by atoms with Gasteiger partial charge in [0.1, 0.15) is 5.78 Å². The molecule has 1 rings (SSSR count). The number of benzene rings is 1. The van der Waals surface area contributed by atoms with E-state index >= 15 is 0 Å². The molecule has 1 aromatic carbocycles. The minimum atomic E-state index is -0.00165. The lowest BCUT2D eigenvalue weighted by molar-refractivity contribution is -0.122. The summed E-state index contributed by atoms with van der Waals surface area (Å²) in [5.41, 5.74) is 1.34. The Labute approximate surface area is 123 Å². The van der Waals surface area contributed by atoms with E-state index in [-0.39, 0.29) is 11.7 Å². The summed E-state index contributed by atoms with van der Waals surface area (Å²) in [6.07, 6.45) is 9.39. The van der Waals surface area contributed by atoms with Gasteiger partial charge in [-0.05, 0) is 31.9 Å². The lowest BCUT2D eigenvalue weighted by atomic mass is 9.89. The van der Waals surface area contributed by atoms with Crippen LogP contribution in [0.1, 0.15) is 38.2 Å². The summed E-state index contributed by atoms with van der Waals surface area (Å²) >= 11 is 0. The van der Waals surface area contributed by atoms with Gasteiger partial charge in [-0.3, -0.25) is 4.79 Å². The normalized spacial score (nSPS) is 13.4. The molecule has 20 heavy (non-hydrogen) atoms. The maximum atomic E-state index is 11.9. The summed E-state index contributed by atoms with van der Waals surface area (Å²) in [5.74, 6) is 2.92. The third-order valence-corrected chi connectivity index (χ3v) is 3.77. The standard InChI is InChI=1S/C18H25NO/c1-4-9-16(18(20)5-2)14-17(19-3)13-12-15-10-7-6-8-11-15/h1,6-8,10-11,16-17,19H,5,9,12-14H2,2-3H3. The monoisotopic (exact) mass is 271 g/mol. The van der Waals surface area contributed by atoms with E-state index in [4.69, 9.17) is 6.42 Å². The molecule has 0 spiro atoms. The van der Waals surface area contributed by atoms with Gasteiger partial charge in [-0.15, -0.1) is 12.3 Å². The number of aryl methyl sites for hydroxylation is 1. The van der Waals surface area contributed by atoms with Gasteiger partial charge in [0, 0.05) is 24.8 Å². The highest BCUT2D eigenvalue weighted by Crippen LogP contribution is 2.17. The quantitative estimate of drug-likeness (QED) is 0.699. The first-order valence-corrected chi connectivity index (χ1v) is 7.38. The summed E-state index contributed by atoms with van der Waals surface area (Å²) in [4.78, 5) is 11.9. The van der Waals surface area contributed by atoms with E-state index in [0.29, 0.717) is 18.9 Å². The molecular weight excluding hydrogens is 246 g/mol. The van der Waals surface area contributed by atoms with Gasteiger partial charge in [-0.2, -0.15) is 0 Å². The lowest BCUT2D eigenvalue weighted by Crippen LogP contribution is -2.31. The zero-order valence-corrected chi connectivity index (χ0v) is 12.6. The van der Waals surface area contributed by atoms with Gasteiger partial charge in [0.2, 0.25) is 0 Å². The van der Waals surface area contributed by atoms with E-state index in [1.807, 2.05) is 20.0 Å². The number of carbonyl (C=O) groups excluding carboxylic acids is 1. The number of carbonyl (C=O) groups is 1. The highest BCUT2D eigenvalue weighted by Gasteiger charge is 2.20. The van der Waals surface area contributed by atoms with Gasteiger partial charge in [-0.1, -0.05) is 37.3 Å². The van der Waals surface area contributed by atoms with Crippen molar-refractivity contribution in [3.05, 3.63) is 35.9 Å². The Hall–Kier alpha value is -1.59. The summed E-state index contributed by atoms with van der Waals surface area (Å²) < 4.78 is 0. The molecule has 2 atom stereocenters. The van der Waals surface area contributed by atoms with Crippen LogP contribution in [0.2, 0.25) is 0 Å². The van der Waals surface area contributed by atoms with Crippen molar-refractivity contribution in [3.63, 3.8) is 0 Å². The largest absolute Gasteiger partial charge is 0.317 e. The predicted molar refractivity (Wildman–Crippen MR) is 84.5 cm³/mol. The third kappa shape index (κ3) is 5.59. The van der Waals surface area contributed by atoms with E-state index < -0.39 is 0 Å². The summed E-state index contributed by atoms with van der Waals surface area (Å²) in [7, 11) is 1.96. The van der Waals surface area contributed by atoms with Crippen molar-refractivity contribution in [2.24, 2.45) is 5.92 Å². The van der Waals surface area contributed by atoms with Crippen molar-refractivity contribution >= 4 is 5.78 Å². The topological polar surface area (TPSA) is 29.1 Å². The number of Topliss-reactive ketones (excluding diaryl/α,β-unsaturated/α-hetero) is 1. The molecule has 0 aliphatic carbocycles. The molecule has 0 aromatic heterocycles. The summed E-state index contributed by atoms with van der Waals surface area (Å²) in [5, 5.41) is 3.32. The summed E-state index contributed by atoms with van der Waals surface area (Å²) in [6, 6.07) is 10.8. The maximum Gasteiger partial charge on any atom is 0.136 e. The van der Waals surface area contributed by atoms with E-state index in [2.05, 4.69) is 35.5 Å². The third-order valence-electron chi connectivity index (χ3n) is 3.77. The molecule has 0 bridgehead atoms. The van der Waals surface area contributed by atoms with Gasteiger partial charge in [0.05, 0.1) is 0 Å². The van der Waals surface area contributed by atoms with Crippen LogP contribution in [0.25, 0.3) is 0 Å². The molecule has 0 aliphatic heterocycles. The SMILES string of the molecule is C#CCC(CC(CCc1ccccc1)NC)C(=O)CC. The van der Waals surface area contributed by atoms with Crippen LogP contribution in [-0.4, -0.2) is 18.9 Å². The highest BCUT2D eigenvalue weighted by molar-refractivity contribution is 5.81. The van der Waals surface area contributed by atoms with E-state index in [1.54, 1.807) is 0 Å². The zero-order valence-electron chi connectivity index (χ0n) is 12.6. The second-order valence-corrected chi connectivity index (χ2v) is 5.17. The van der Waals surface area contributed by atoms with Crippen LogP contribution >= 0.6 is 0 Å². The number of terminal acetylenes is 1. The van der Waals surface area contributed by atoms with Crippen LogP contribution in [0.4, 0.5) is 0 Å². The fourth-order valence-electron chi connectivity index (χ4n) is 2.47. The molecule has 1 aromatic rings. The van der Waals surface area contributed by atoms with Crippen molar-refractivity contribution in [1.82, 2.24) is 5.32 Å². The fraction of sp³-hybridized carbons (Fsp3) is 0.500. The maximum absolute atomic E-state index is 11.9. The molecule has 0 aliphatic rings. The molecule has 0 heterocycles. The Bertz CT molecular complexity index is 432. The Morgan fingerprint density at radius 1 is 1.35 bits per heavy atom. The first-order chi connectivity index (χ1) is 9.71. The number of ketones is 1. The molecule has 2 nitrogen and oxygen atoms in total. The second kappa shape index (κ2) is 9.34. The zero-order chi connectivity index (χ0) is 14.8. The first-order valence-electron chi connectivity index (χ1n) is 7.38. The van der Waals surface area contributed by atoms with Gasteiger partial charge in [0.15, 0.2) is 0 Å². The van der Waals surface area contributed by atoms with E-state index in [0.717, 1.165) is 19.3 Å². The van der Waals surface area contributed by atoms with Gasteiger partial charge in [-0.25, -0.2) is 0 Å². The average molecular weight is 271 g/mol. The van der Waals surface area contributed by atoms with Crippen LogP contribution in [0.5, 0.6) is 0 Å². The number of rotatable bonds is 9. The summed E-state index contributed by atoms with van der Waals surface area (Å²) in [6.45, 7) is 1.91. The van der Waals surface area contributed by atoms with Crippen molar-refractivity contribution in [2.75, 3.05) is 7.05 Å². The molecule has 0 fully saturated rings. The van der Waals surface area contributed by atoms with Crippen molar-refractivity contribution in [2.45, 2.75) is 45.1 Å². The molecule has 0 saturated carbocycles. The van der Waals surface area contributed by atoms with Crippen LogP contribution < -0.4 is 5.32 Å². The van der Waals surface area contributed by atoms with Gasteiger partial charge in [0.25, 0.3) is 0 Å². The predicted octanol–water partition coefficient (Wildman–Crippen LogP) is 3.22. The Morgan fingerprint density at radius 2 is 2.05 bits per heavy atom. The van der Waals surface area contributed by atoms with Crippen LogP contribution in [0.3, 0.4) is 0 Å². The van der Waals surface area contributed by atoms with Crippen LogP contribution in [0.15, 0.2) is 30.3 Å². The molecule has 0 radical (unpaired) electrons. The molecule has 2 unspecified atom stereocenters. The minimum absolute atomic E-state index is 0.00165. The van der Waals surface area contributed by atoms with Crippen molar-refractivity contribution in [3.8, 4) is 12.3 Å². The van der Waals surface area contributed by atoms with Crippen molar-refractivity contribution in [1.29, 1.82) is 0 Å². The molecule has 2 heteroatoms. The van der Waals surface area contributed by atoms with E-state index in [1.165, 1.54) is 5.56 Å². The molecule has 1 N–H and O–H groups in total. The van der Waals surface area contributed by atoms with Crippen LogP contribution in [-0.2, 0) is 11.2 Å². The molecular formula is C18H25NO. The smallest absolute Gasteiger partial charge is 0.136 e. The Kier molecular flexibility index (Phi) is 7.69. The number of hydrogen-bond acceptors (Lipinski definition) is 2. The minimum Gasteiger partial charge on any atom is -0.317 e. The molecule has 0 amide bonds. The molecule has 0 saturated heterocycles. The second-order valence-electron chi connectivity index (χ2n) is 5.17. The first kappa shape index (κ1) is 16.5. The lowest BCUT2D eigenvalue weighted by Gasteiger charge is -2.21. The Balaban J connectivity index is 2.52. The number of nitrogens with one attached hydrogen (secondary N) is 1. The Morgan fingerprint density at radius 3 is 2.60 bits per heavy atom. The average Bonchev–Trinajstić information content (AvgIpc) is 2.50.